The average molecular weight is 247 g/mol. The molecule has 5 N–H and O–H groups in total. The molecule has 16 heavy (non-hydrogen) atoms. The van der Waals surface area contributed by atoms with Crippen molar-refractivity contribution in [3.8, 4) is 0 Å². The molecule has 6 nitrogen and oxygen atoms in total. The second-order valence-electron chi connectivity index (χ2n) is 3.10. The summed E-state index contributed by atoms with van der Waals surface area (Å²) in [5.41, 5.74) is 10.6. The fourth-order valence-corrected chi connectivity index (χ4v) is 1.90. The number of aldehydes is 2. The van der Waals surface area contributed by atoms with E-state index in [1.807, 2.05) is 0 Å². The van der Waals surface area contributed by atoms with Crippen molar-refractivity contribution in [3.63, 3.8) is 0 Å². The van der Waals surface area contributed by atoms with Gasteiger partial charge in [-0.05, 0) is 0 Å². The Hall–Kier alpha value is -0.920. The van der Waals surface area contributed by atoms with Crippen LogP contribution in [0.25, 0.3) is 0 Å². The first-order chi connectivity index (χ1) is 7.65. The van der Waals surface area contributed by atoms with Crippen LogP contribution >= 0.6 is 11.8 Å². The normalized spacial score (nSPS) is 13.9. The summed E-state index contributed by atoms with van der Waals surface area (Å²) in [5, 5.41) is 2.08. The number of rotatable bonds is 9. The first-order valence-electron chi connectivity index (χ1n) is 4.89. The molecule has 0 radical (unpaired) electrons. The van der Waals surface area contributed by atoms with Gasteiger partial charge in [0.15, 0.2) is 0 Å². The van der Waals surface area contributed by atoms with Crippen LogP contribution in [0.1, 0.15) is 6.42 Å². The van der Waals surface area contributed by atoms with Gasteiger partial charge in [-0.2, -0.15) is 0 Å². The summed E-state index contributed by atoms with van der Waals surface area (Å²) >= 11 is 1.20. The molecule has 0 fully saturated rings. The standard InChI is InChI=1S/C9H17N3O3S/c10-2-3-12-9(15)8(1-4-13)16-6-7(11)5-14/h4-5,7-8H,1-3,6,10-11H2,(H,12,15)/t7-,8?/m0/s1. The number of nitrogens with two attached hydrogens (primary N) is 2. The maximum absolute atomic E-state index is 11.5. The number of hydrogen-bond donors (Lipinski definition) is 3. The molecule has 0 saturated carbocycles. The highest BCUT2D eigenvalue weighted by Crippen LogP contribution is 2.14. The second-order valence-corrected chi connectivity index (χ2v) is 4.34. The highest BCUT2D eigenvalue weighted by molar-refractivity contribution is 8.00. The molecule has 0 bridgehead atoms. The van der Waals surface area contributed by atoms with Crippen LogP contribution in [-0.2, 0) is 14.4 Å². The fourth-order valence-electron chi connectivity index (χ4n) is 0.914. The molecular formula is C9H17N3O3S. The first-order valence-corrected chi connectivity index (χ1v) is 5.94. The van der Waals surface area contributed by atoms with E-state index in [-0.39, 0.29) is 12.3 Å². The van der Waals surface area contributed by atoms with Crippen molar-refractivity contribution in [3.05, 3.63) is 0 Å². The number of thioether (sulfide) groups is 1. The van der Waals surface area contributed by atoms with Crippen LogP contribution in [0.2, 0.25) is 0 Å². The molecule has 0 heterocycles. The van der Waals surface area contributed by atoms with Crippen molar-refractivity contribution < 1.29 is 14.4 Å². The van der Waals surface area contributed by atoms with Gasteiger partial charge in [-0.1, -0.05) is 0 Å². The van der Waals surface area contributed by atoms with Gasteiger partial charge in [0.1, 0.15) is 12.6 Å². The number of carbonyl (C=O) groups is 3. The molecule has 0 aromatic heterocycles. The predicted octanol–water partition coefficient (Wildman–Crippen LogP) is -1.72. The van der Waals surface area contributed by atoms with Crippen molar-refractivity contribution >= 4 is 30.2 Å². The maximum atomic E-state index is 11.5. The van der Waals surface area contributed by atoms with Gasteiger partial charge >= 0.3 is 0 Å². The summed E-state index contributed by atoms with van der Waals surface area (Å²) in [5.74, 6) is 0.0681. The molecule has 0 aliphatic heterocycles. The highest BCUT2D eigenvalue weighted by atomic mass is 32.2. The minimum Gasteiger partial charge on any atom is -0.354 e. The Bertz CT molecular complexity index is 238. The van der Waals surface area contributed by atoms with E-state index in [0.29, 0.717) is 31.4 Å². The highest BCUT2D eigenvalue weighted by Gasteiger charge is 2.18. The van der Waals surface area contributed by atoms with Crippen LogP contribution < -0.4 is 16.8 Å². The summed E-state index contributed by atoms with van der Waals surface area (Å²) < 4.78 is 0. The molecular weight excluding hydrogens is 230 g/mol. The monoisotopic (exact) mass is 247 g/mol. The van der Waals surface area contributed by atoms with E-state index in [0.717, 1.165) is 0 Å². The van der Waals surface area contributed by atoms with Crippen molar-refractivity contribution in [2.75, 3.05) is 18.8 Å². The minimum atomic E-state index is -0.610. The van der Waals surface area contributed by atoms with E-state index in [1.54, 1.807) is 0 Å². The second kappa shape index (κ2) is 9.32. The first kappa shape index (κ1) is 15.1. The van der Waals surface area contributed by atoms with Crippen LogP contribution in [0.15, 0.2) is 0 Å². The van der Waals surface area contributed by atoms with Crippen LogP contribution in [0.4, 0.5) is 0 Å². The zero-order valence-corrected chi connectivity index (χ0v) is 9.74. The summed E-state index contributed by atoms with van der Waals surface area (Å²) in [6.45, 7) is 0.715. The average Bonchev–Trinajstić information content (AvgIpc) is 2.30. The Morgan fingerprint density at radius 2 is 2.12 bits per heavy atom. The molecule has 2 atom stereocenters. The Morgan fingerprint density at radius 3 is 2.62 bits per heavy atom. The van der Waals surface area contributed by atoms with Gasteiger partial charge in [0, 0.05) is 25.3 Å². The van der Waals surface area contributed by atoms with E-state index in [2.05, 4.69) is 5.32 Å². The lowest BCUT2D eigenvalue weighted by Crippen LogP contribution is -2.37. The van der Waals surface area contributed by atoms with Gasteiger partial charge in [-0.15, -0.1) is 11.8 Å². The smallest absolute Gasteiger partial charge is 0.233 e. The molecule has 1 amide bonds. The van der Waals surface area contributed by atoms with Crippen molar-refractivity contribution in [1.82, 2.24) is 5.32 Å². The molecule has 92 valence electrons. The number of amides is 1. The Kier molecular flexibility index (Phi) is 8.78. The third kappa shape index (κ3) is 6.54. The van der Waals surface area contributed by atoms with E-state index in [4.69, 9.17) is 11.5 Å². The molecule has 0 aromatic rings. The van der Waals surface area contributed by atoms with Gasteiger partial charge in [-0.3, -0.25) is 4.79 Å². The van der Waals surface area contributed by atoms with Crippen molar-refractivity contribution in [2.24, 2.45) is 11.5 Å². The molecule has 7 heteroatoms. The van der Waals surface area contributed by atoms with E-state index in [9.17, 15) is 14.4 Å². The van der Waals surface area contributed by atoms with Crippen LogP contribution in [0, 0.1) is 0 Å². The Balaban J connectivity index is 4.08. The van der Waals surface area contributed by atoms with Crippen LogP contribution in [0.3, 0.4) is 0 Å². The van der Waals surface area contributed by atoms with Crippen molar-refractivity contribution in [1.29, 1.82) is 0 Å². The summed E-state index contributed by atoms with van der Waals surface area (Å²) in [6.07, 6.45) is 1.39. The summed E-state index contributed by atoms with van der Waals surface area (Å²) in [7, 11) is 0. The molecule has 0 spiro atoms. The summed E-state index contributed by atoms with van der Waals surface area (Å²) in [4.78, 5) is 32.2. The predicted molar refractivity (Wildman–Crippen MR) is 63.0 cm³/mol. The Morgan fingerprint density at radius 1 is 1.44 bits per heavy atom. The summed E-state index contributed by atoms with van der Waals surface area (Å²) in [6, 6.07) is -0.610. The largest absolute Gasteiger partial charge is 0.354 e. The Labute approximate surface area is 98.5 Å². The fraction of sp³-hybridized carbons (Fsp3) is 0.667. The third-order valence-corrected chi connectivity index (χ3v) is 3.10. The van der Waals surface area contributed by atoms with E-state index in [1.165, 1.54) is 11.8 Å². The molecule has 1 unspecified atom stereocenters. The van der Waals surface area contributed by atoms with Crippen LogP contribution in [-0.4, -0.2) is 48.6 Å². The van der Waals surface area contributed by atoms with Gasteiger partial charge in [-0.25, -0.2) is 0 Å². The molecule has 0 saturated heterocycles. The SMILES string of the molecule is NCCNC(=O)C(CC=O)SC[C@@H](N)C=O. The van der Waals surface area contributed by atoms with Gasteiger partial charge in [0.2, 0.25) is 5.91 Å². The molecule has 0 aliphatic carbocycles. The van der Waals surface area contributed by atoms with Gasteiger partial charge < -0.3 is 26.4 Å². The van der Waals surface area contributed by atoms with Crippen molar-refractivity contribution in [2.45, 2.75) is 17.7 Å². The van der Waals surface area contributed by atoms with Gasteiger partial charge in [0.25, 0.3) is 0 Å². The third-order valence-electron chi connectivity index (χ3n) is 1.71. The number of nitrogens with one attached hydrogen (secondary N) is 1. The van der Waals surface area contributed by atoms with Gasteiger partial charge in [0.05, 0.1) is 11.3 Å². The molecule has 0 rings (SSSR count). The lowest BCUT2D eigenvalue weighted by Gasteiger charge is -2.14. The van der Waals surface area contributed by atoms with E-state index >= 15 is 0 Å². The maximum Gasteiger partial charge on any atom is 0.233 e. The minimum absolute atomic E-state index is 0.104. The van der Waals surface area contributed by atoms with E-state index < -0.39 is 11.3 Å². The zero-order chi connectivity index (χ0) is 12.4. The lowest BCUT2D eigenvalue weighted by atomic mass is 10.3. The molecule has 0 aromatic carbocycles. The number of hydrogen-bond acceptors (Lipinski definition) is 6. The zero-order valence-electron chi connectivity index (χ0n) is 8.93. The molecule has 0 aliphatic rings. The van der Waals surface area contributed by atoms with Crippen LogP contribution in [0.5, 0.6) is 0 Å². The topological polar surface area (TPSA) is 115 Å². The lowest BCUT2D eigenvalue weighted by molar-refractivity contribution is -0.122. The quantitative estimate of drug-likeness (QED) is 0.417. The number of carbonyl (C=O) groups excluding carboxylic acids is 3.